The van der Waals surface area contributed by atoms with Crippen LogP contribution in [0.15, 0.2) is 46.8 Å². The summed E-state index contributed by atoms with van der Waals surface area (Å²) in [6, 6.07) is 6.27. The molecule has 4 rings (SSSR count). The average Bonchev–Trinajstić information content (AvgIpc) is 2.72. The summed E-state index contributed by atoms with van der Waals surface area (Å²) < 4.78 is 0. The number of non-ortho nitro benzene ring substituents is 1. The molecule has 1 atom stereocenters. The number of nitrogens with one attached hydrogen (secondary N) is 1. The minimum atomic E-state index is -0.505. The molecule has 164 valence electrons. The molecule has 7 heteroatoms. The van der Waals surface area contributed by atoms with Crippen molar-refractivity contribution in [3.05, 3.63) is 62.5 Å². The topological polar surface area (TPSA) is 92.6 Å². The zero-order chi connectivity index (χ0) is 22.3. The molecule has 1 saturated heterocycles. The van der Waals surface area contributed by atoms with Crippen LogP contribution in [0.3, 0.4) is 0 Å². The number of nitro groups is 1. The Morgan fingerprint density at radius 1 is 1.13 bits per heavy atom. The summed E-state index contributed by atoms with van der Waals surface area (Å²) in [6.45, 7) is 7.48. The Hall–Kier alpha value is -2.96. The standard InChI is InChI=1S/C24H29N3O4/c1-15-20(23(29)26-11-5-4-6-12-26)21(16-7-9-17(10-8-16)27(30)31)22-18(25-15)13-24(2,3)14-19(22)28/h7-10,21,25H,4-6,11-14H2,1-3H3/t21-/m1/s1. The van der Waals surface area contributed by atoms with Crippen LogP contribution < -0.4 is 5.32 Å². The Kier molecular flexibility index (Phi) is 5.45. The van der Waals surface area contributed by atoms with E-state index in [0.717, 1.165) is 55.7 Å². The SMILES string of the molecule is CC1=C(C(=O)N2CCCCC2)[C@@H](c2ccc([N+](=O)[O-])cc2)C2=C(CC(C)(C)CC2=O)N1. The molecule has 0 saturated carbocycles. The summed E-state index contributed by atoms with van der Waals surface area (Å²) in [5, 5.41) is 14.5. The number of carbonyl (C=O) groups excluding carboxylic acids is 2. The minimum absolute atomic E-state index is 0.00685. The highest BCUT2D eigenvalue weighted by Gasteiger charge is 2.43. The first kappa shape index (κ1) is 21.3. The highest BCUT2D eigenvalue weighted by molar-refractivity contribution is 6.05. The highest BCUT2D eigenvalue weighted by atomic mass is 16.6. The molecule has 1 amide bonds. The van der Waals surface area contributed by atoms with Crippen LogP contribution in [0.25, 0.3) is 0 Å². The van der Waals surface area contributed by atoms with Crippen molar-refractivity contribution >= 4 is 17.4 Å². The van der Waals surface area contributed by atoms with E-state index in [1.807, 2.05) is 11.8 Å². The van der Waals surface area contributed by atoms with Crippen molar-refractivity contribution in [2.24, 2.45) is 5.41 Å². The predicted molar refractivity (Wildman–Crippen MR) is 117 cm³/mol. The third kappa shape index (κ3) is 4.01. The van der Waals surface area contributed by atoms with E-state index in [0.29, 0.717) is 17.6 Å². The number of rotatable bonds is 3. The Morgan fingerprint density at radius 2 is 1.77 bits per heavy atom. The van der Waals surface area contributed by atoms with Crippen molar-refractivity contribution in [3.8, 4) is 0 Å². The molecule has 1 aromatic carbocycles. The van der Waals surface area contributed by atoms with Crippen LogP contribution in [0, 0.1) is 15.5 Å². The quantitative estimate of drug-likeness (QED) is 0.581. The van der Waals surface area contributed by atoms with E-state index in [9.17, 15) is 19.7 Å². The Bertz CT molecular complexity index is 998. The van der Waals surface area contributed by atoms with E-state index in [2.05, 4.69) is 19.2 Å². The maximum atomic E-state index is 13.6. The first-order chi connectivity index (χ1) is 14.7. The van der Waals surface area contributed by atoms with E-state index in [1.165, 1.54) is 12.1 Å². The number of allylic oxidation sites excluding steroid dienone is 3. The lowest BCUT2D eigenvalue weighted by molar-refractivity contribution is -0.384. The molecule has 0 aromatic heterocycles. The van der Waals surface area contributed by atoms with Crippen molar-refractivity contribution in [3.63, 3.8) is 0 Å². The zero-order valence-corrected chi connectivity index (χ0v) is 18.4. The van der Waals surface area contributed by atoms with Gasteiger partial charge < -0.3 is 10.2 Å². The number of nitro benzene ring substituents is 1. The van der Waals surface area contributed by atoms with Crippen molar-refractivity contribution in [2.75, 3.05) is 13.1 Å². The summed E-state index contributed by atoms with van der Waals surface area (Å²) in [6.07, 6.45) is 4.22. The molecule has 1 aromatic rings. The van der Waals surface area contributed by atoms with Gasteiger partial charge in [-0.2, -0.15) is 0 Å². The summed E-state index contributed by atoms with van der Waals surface area (Å²) in [5.41, 5.74) is 3.44. The third-order valence-electron chi connectivity index (χ3n) is 6.55. The van der Waals surface area contributed by atoms with Crippen molar-refractivity contribution in [1.82, 2.24) is 10.2 Å². The number of hydrogen-bond donors (Lipinski definition) is 1. The maximum absolute atomic E-state index is 13.6. The van der Waals surface area contributed by atoms with Gasteiger partial charge in [0.2, 0.25) is 0 Å². The summed E-state index contributed by atoms with van der Waals surface area (Å²) in [7, 11) is 0. The normalized spacial score (nSPS) is 23.4. The largest absolute Gasteiger partial charge is 0.362 e. The molecule has 7 nitrogen and oxygen atoms in total. The van der Waals surface area contributed by atoms with E-state index >= 15 is 0 Å². The fraction of sp³-hybridized carbons (Fsp3) is 0.500. The number of piperidine rings is 1. The third-order valence-corrected chi connectivity index (χ3v) is 6.55. The van der Waals surface area contributed by atoms with Crippen LogP contribution in [0.4, 0.5) is 5.69 Å². The fourth-order valence-corrected chi connectivity index (χ4v) is 5.11. The Balaban J connectivity index is 1.82. The Morgan fingerprint density at radius 3 is 2.39 bits per heavy atom. The van der Waals surface area contributed by atoms with Gasteiger partial charge in [0.1, 0.15) is 0 Å². The van der Waals surface area contributed by atoms with E-state index < -0.39 is 10.8 Å². The molecular weight excluding hydrogens is 394 g/mol. The number of amides is 1. The van der Waals surface area contributed by atoms with Gasteiger partial charge in [-0.3, -0.25) is 19.7 Å². The second-order valence-electron chi connectivity index (χ2n) is 9.63. The first-order valence-corrected chi connectivity index (χ1v) is 11.0. The van der Waals surface area contributed by atoms with Gasteiger partial charge in [-0.15, -0.1) is 0 Å². The Labute approximate surface area is 182 Å². The number of benzene rings is 1. The number of nitrogens with zero attached hydrogens (tertiary/aromatic N) is 2. The number of carbonyl (C=O) groups is 2. The van der Waals surface area contributed by atoms with Gasteiger partial charge in [-0.25, -0.2) is 0 Å². The molecule has 0 spiro atoms. The van der Waals surface area contributed by atoms with Crippen LogP contribution in [-0.4, -0.2) is 34.6 Å². The molecule has 0 radical (unpaired) electrons. The van der Waals surface area contributed by atoms with E-state index in [4.69, 9.17) is 0 Å². The molecule has 31 heavy (non-hydrogen) atoms. The van der Waals surface area contributed by atoms with Crippen LogP contribution in [0.5, 0.6) is 0 Å². The van der Waals surface area contributed by atoms with Crippen LogP contribution >= 0.6 is 0 Å². The van der Waals surface area contributed by atoms with Gasteiger partial charge in [0.15, 0.2) is 5.78 Å². The second-order valence-corrected chi connectivity index (χ2v) is 9.63. The molecule has 1 fully saturated rings. The van der Waals surface area contributed by atoms with Gasteiger partial charge in [0.25, 0.3) is 11.6 Å². The summed E-state index contributed by atoms with van der Waals surface area (Å²) in [5.74, 6) is -0.508. The van der Waals surface area contributed by atoms with Crippen molar-refractivity contribution < 1.29 is 14.5 Å². The molecule has 0 bridgehead atoms. The minimum Gasteiger partial charge on any atom is -0.362 e. The van der Waals surface area contributed by atoms with Gasteiger partial charge in [0, 0.05) is 60.1 Å². The lowest BCUT2D eigenvalue weighted by atomic mass is 9.68. The predicted octanol–water partition coefficient (Wildman–Crippen LogP) is 4.21. The lowest BCUT2D eigenvalue weighted by Crippen LogP contribution is -2.43. The number of dihydropyridines is 1. The molecular formula is C24H29N3O4. The van der Waals surface area contributed by atoms with Gasteiger partial charge in [0.05, 0.1) is 4.92 Å². The number of ketones is 1. The number of hydrogen-bond acceptors (Lipinski definition) is 5. The van der Waals surface area contributed by atoms with Crippen LogP contribution in [0.1, 0.15) is 64.4 Å². The fourth-order valence-electron chi connectivity index (χ4n) is 5.11. The second kappa shape index (κ2) is 7.94. The summed E-state index contributed by atoms with van der Waals surface area (Å²) >= 11 is 0. The monoisotopic (exact) mass is 423 g/mol. The lowest BCUT2D eigenvalue weighted by Gasteiger charge is -2.41. The smallest absolute Gasteiger partial charge is 0.269 e. The first-order valence-electron chi connectivity index (χ1n) is 11.0. The van der Waals surface area contributed by atoms with Crippen molar-refractivity contribution in [1.29, 1.82) is 0 Å². The highest BCUT2D eigenvalue weighted by Crippen LogP contribution is 2.47. The van der Waals surface area contributed by atoms with Crippen LogP contribution in [-0.2, 0) is 9.59 Å². The van der Waals surface area contributed by atoms with Gasteiger partial charge >= 0.3 is 0 Å². The van der Waals surface area contributed by atoms with E-state index in [-0.39, 0.29) is 22.8 Å². The molecule has 2 heterocycles. The molecule has 0 unspecified atom stereocenters. The molecule has 1 N–H and O–H groups in total. The maximum Gasteiger partial charge on any atom is 0.269 e. The number of likely N-dealkylation sites (tertiary alicyclic amines) is 1. The van der Waals surface area contributed by atoms with Crippen LogP contribution in [0.2, 0.25) is 0 Å². The number of Topliss-reactive ketones (excluding diaryl/α,β-unsaturated/α-hetero) is 1. The average molecular weight is 424 g/mol. The van der Waals surface area contributed by atoms with Crippen molar-refractivity contribution in [2.45, 2.75) is 58.8 Å². The van der Waals surface area contributed by atoms with Gasteiger partial charge in [-0.05, 0) is 43.6 Å². The zero-order valence-electron chi connectivity index (χ0n) is 18.4. The molecule has 1 aliphatic carbocycles. The van der Waals surface area contributed by atoms with E-state index in [1.54, 1.807) is 12.1 Å². The summed E-state index contributed by atoms with van der Waals surface area (Å²) in [4.78, 5) is 39.5. The molecule has 3 aliphatic rings. The molecule has 2 aliphatic heterocycles. The van der Waals surface area contributed by atoms with Gasteiger partial charge in [-0.1, -0.05) is 26.0 Å².